The summed E-state index contributed by atoms with van der Waals surface area (Å²) in [7, 11) is 1.73. The standard InChI is InChI=1S/C15H19NOS/c1-12(15-8-5-9-18-15)16-10-13-6-3-4-7-14(13)11-17-2/h3-9,12,16H,10-11H2,1-2H3. The van der Waals surface area contributed by atoms with Gasteiger partial charge in [-0.15, -0.1) is 11.3 Å². The first-order chi connectivity index (χ1) is 8.81. The Balaban J connectivity index is 1.97. The van der Waals surface area contributed by atoms with Crippen LogP contribution in [0.15, 0.2) is 41.8 Å². The highest BCUT2D eigenvalue weighted by Crippen LogP contribution is 2.19. The fourth-order valence-electron chi connectivity index (χ4n) is 1.93. The van der Waals surface area contributed by atoms with Crippen LogP contribution in [-0.4, -0.2) is 7.11 Å². The molecule has 0 aliphatic carbocycles. The highest BCUT2D eigenvalue weighted by atomic mass is 32.1. The quantitative estimate of drug-likeness (QED) is 0.855. The zero-order valence-corrected chi connectivity index (χ0v) is 11.7. The van der Waals surface area contributed by atoms with Crippen LogP contribution in [0.3, 0.4) is 0 Å². The van der Waals surface area contributed by atoms with E-state index in [1.54, 1.807) is 18.4 Å². The van der Waals surface area contributed by atoms with Crippen LogP contribution in [0.4, 0.5) is 0 Å². The van der Waals surface area contributed by atoms with E-state index in [0.29, 0.717) is 12.6 Å². The average Bonchev–Trinajstić information content (AvgIpc) is 2.92. The highest BCUT2D eigenvalue weighted by Gasteiger charge is 2.07. The molecule has 0 fully saturated rings. The molecule has 96 valence electrons. The molecule has 3 heteroatoms. The van der Waals surface area contributed by atoms with Crippen LogP contribution in [0.1, 0.15) is 29.0 Å². The van der Waals surface area contributed by atoms with Crippen molar-refractivity contribution in [2.45, 2.75) is 26.1 Å². The fraction of sp³-hybridized carbons (Fsp3) is 0.333. The van der Waals surface area contributed by atoms with Gasteiger partial charge in [0, 0.05) is 24.6 Å². The highest BCUT2D eigenvalue weighted by molar-refractivity contribution is 7.10. The van der Waals surface area contributed by atoms with Crippen molar-refractivity contribution < 1.29 is 4.74 Å². The van der Waals surface area contributed by atoms with Gasteiger partial charge in [-0.2, -0.15) is 0 Å². The molecule has 1 heterocycles. The first kappa shape index (κ1) is 13.3. The van der Waals surface area contributed by atoms with Crippen LogP contribution >= 0.6 is 11.3 Å². The predicted octanol–water partition coefficient (Wildman–Crippen LogP) is 3.75. The van der Waals surface area contributed by atoms with Gasteiger partial charge in [-0.05, 0) is 29.5 Å². The van der Waals surface area contributed by atoms with E-state index in [-0.39, 0.29) is 0 Å². The monoisotopic (exact) mass is 261 g/mol. The van der Waals surface area contributed by atoms with E-state index in [0.717, 1.165) is 6.54 Å². The van der Waals surface area contributed by atoms with Crippen LogP contribution in [0.2, 0.25) is 0 Å². The summed E-state index contributed by atoms with van der Waals surface area (Å²) in [5.41, 5.74) is 2.56. The van der Waals surface area contributed by atoms with E-state index in [1.807, 2.05) is 0 Å². The molecule has 1 aromatic carbocycles. The molecule has 0 aliphatic rings. The molecule has 1 unspecified atom stereocenters. The molecule has 0 saturated carbocycles. The Kier molecular flexibility index (Phi) is 4.93. The zero-order valence-electron chi connectivity index (χ0n) is 10.8. The van der Waals surface area contributed by atoms with E-state index in [1.165, 1.54) is 16.0 Å². The summed E-state index contributed by atoms with van der Waals surface area (Å²) in [4.78, 5) is 1.37. The minimum atomic E-state index is 0.389. The second-order valence-corrected chi connectivity index (χ2v) is 5.30. The van der Waals surface area contributed by atoms with E-state index >= 15 is 0 Å². The summed E-state index contributed by atoms with van der Waals surface area (Å²) < 4.78 is 5.22. The molecular formula is C15H19NOS. The Morgan fingerprint density at radius 3 is 2.61 bits per heavy atom. The number of ether oxygens (including phenoxy) is 1. The number of nitrogens with one attached hydrogen (secondary N) is 1. The predicted molar refractivity (Wildman–Crippen MR) is 76.7 cm³/mol. The third-order valence-corrected chi connectivity index (χ3v) is 4.04. The summed E-state index contributed by atoms with van der Waals surface area (Å²) in [6.45, 7) is 3.74. The molecule has 1 atom stereocenters. The summed E-state index contributed by atoms with van der Waals surface area (Å²) in [6.07, 6.45) is 0. The minimum absolute atomic E-state index is 0.389. The molecule has 0 saturated heterocycles. The Hall–Kier alpha value is -1.16. The van der Waals surface area contributed by atoms with Gasteiger partial charge in [0.15, 0.2) is 0 Å². The van der Waals surface area contributed by atoms with Gasteiger partial charge in [0.1, 0.15) is 0 Å². The third kappa shape index (κ3) is 3.42. The third-order valence-electron chi connectivity index (χ3n) is 2.99. The van der Waals surface area contributed by atoms with Crippen molar-refractivity contribution >= 4 is 11.3 Å². The molecule has 2 aromatic rings. The maximum absolute atomic E-state index is 5.22. The van der Waals surface area contributed by atoms with Crippen molar-refractivity contribution in [3.05, 3.63) is 57.8 Å². The topological polar surface area (TPSA) is 21.3 Å². The van der Waals surface area contributed by atoms with Gasteiger partial charge >= 0.3 is 0 Å². The van der Waals surface area contributed by atoms with E-state index in [9.17, 15) is 0 Å². The summed E-state index contributed by atoms with van der Waals surface area (Å²) in [5, 5.41) is 5.67. The lowest BCUT2D eigenvalue weighted by molar-refractivity contribution is 0.184. The van der Waals surface area contributed by atoms with Crippen molar-refractivity contribution in [2.75, 3.05) is 7.11 Å². The largest absolute Gasteiger partial charge is 0.380 e. The van der Waals surface area contributed by atoms with Crippen LogP contribution in [0.25, 0.3) is 0 Å². The number of benzene rings is 1. The fourth-order valence-corrected chi connectivity index (χ4v) is 2.69. The van der Waals surface area contributed by atoms with Crippen molar-refractivity contribution in [3.8, 4) is 0 Å². The lowest BCUT2D eigenvalue weighted by Gasteiger charge is -2.14. The number of thiophene rings is 1. The normalized spacial score (nSPS) is 12.6. The molecule has 1 N–H and O–H groups in total. The Morgan fingerprint density at radius 2 is 1.94 bits per heavy atom. The first-order valence-electron chi connectivity index (χ1n) is 6.13. The lowest BCUT2D eigenvalue weighted by Crippen LogP contribution is -2.18. The van der Waals surface area contributed by atoms with Crippen molar-refractivity contribution in [1.29, 1.82) is 0 Å². The number of methoxy groups -OCH3 is 1. The summed E-state index contributed by atoms with van der Waals surface area (Å²) >= 11 is 1.79. The molecule has 18 heavy (non-hydrogen) atoms. The smallest absolute Gasteiger partial charge is 0.0716 e. The molecule has 0 amide bonds. The molecule has 0 aliphatic heterocycles. The second kappa shape index (κ2) is 6.69. The Bertz CT molecular complexity index is 467. The molecule has 0 bridgehead atoms. The summed E-state index contributed by atoms with van der Waals surface area (Å²) in [5.74, 6) is 0. The van der Waals surface area contributed by atoms with Gasteiger partial charge < -0.3 is 10.1 Å². The number of hydrogen-bond donors (Lipinski definition) is 1. The Labute approximate surface area is 113 Å². The van der Waals surface area contributed by atoms with Gasteiger partial charge in [-0.25, -0.2) is 0 Å². The molecule has 2 nitrogen and oxygen atoms in total. The van der Waals surface area contributed by atoms with Crippen molar-refractivity contribution in [2.24, 2.45) is 0 Å². The van der Waals surface area contributed by atoms with Crippen molar-refractivity contribution in [3.63, 3.8) is 0 Å². The second-order valence-electron chi connectivity index (χ2n) is 4.32. The Morgan fingerprint density at radius 1 is 1.17 bits per heavy atom. The molecule has 0 spiro atoms. The zero-order chi connectivity index (χ0) is 12.8. The van der Waals surface area contributed by atoms with Gasteiger partial charge in [0.25, 0.3) is 0 Å². The van der Waals surface area contributed by atoms with E-state index in [4.69, 9.17) is 4.74 Å². The number of rotatable bonds is 6. The van der Waals surface area contributed by atoms with Crippen LogP contribution < -0.4 is 5.32 Å². The van der Waals surface area contributed by atoms with Gasteiger partial charge in [0.2, 0.25) is 0 Å². The van der Waals surface area contributed by atoms with Gasteiger partial charge in [0.05, 0.1) is 6.61 Å². The molecule has 1 aromatic heterocycles. The molecule has 2 rings (SSSR count). The van der Waals surface area contributed by atoms with E-state index in [2.05, 4.69) is 54.0 Å². The first-order valence-corrected chi connectivity index (χ1v) is 7.01. The van der Waals surface area contributed by atoms with Crippen LogP contribution in [0, 0.1) is 0 Å². The van der Waals surface area contributed by atoms with E-state index < -0.39 is 0 Å². The SMILES string of the molecule is COCc1ccccc1CNC(C)c1cccs1. The maximum atomic E-state index is 5.22. The molecular weight excluding hydrogens is 242 g/mol. The van der Waals surface area contributed by atoms with Crippen molar-refractivity contribution in [1.82, 2.24) is 5.32 Å². The average molecular weight is 261 g/mol. The number of hydrogen-bond acceptors (Lipinski definition) is 3. The maximum Gasteiger partial charge on any atom is 0.0716 e. The molecule has 0 radical (unpaired) electrons. The van der Waals surface area contributed by atoms with Crippen LogP contribution in [0.5, 0.6) is 0 Å². The van der Waals surface area contributed by atoms with Crippen LogP contribution in [-0.2, 0) is 17.9 Å². The lowest BCUT2D eigenvalue weighted by atomic mass is 10.1. The van der Waals surface area contributed by atoms with Gasteiger partial charge in [-0.1, -0.05) is 30.3 Å². The summed E-state index contributed by atoms with van der Waals surface area (Å²) in [6, 6.07) is 13.1. The minimum Gasteiger partial charge on any atom is -0.380 e. The van der Waals surface area contributed by atoms with Gasteiger partial charge in [-0.3, -0.25) is 0 Å².